The van der Waals surface area contributed by atoms with Gasteiger partial charge in [0.25, 0.3) is 0 Å². The Kier molecular flexibility index (Phi) is 3.60. The third kappa shape index (κ3) is 2.68. The Labute approximate surface area is 112 Å². The molecule has 0 spiro atoms. The van der Waals surface area contributed by atoms with E-state index in [9.17, 15) is 4.79 Å². The number of aromatic nitrogens is 2. The maximum atomic E-state index is 11.7. The van der Waals surface area contributed by atoms with Crippen LogP contribution >= 0.6 is 0 Å². The van der Waals surface area contributed by atoms with E-state index >= 15 is 0 Å². The average Bonchev–Trinajstić information content (AvgIpc) is 2.95. The van der Waals surface area contributed by atoms with E-state index in [2.05, 4.69) is 10.4 Å². The van der Waals surface area contributed by atoms with Gasteiger partial charge in [-0.1, -0.05) is 25.0 Å². The van der Waals surface area contributed by atoms with E-state index in [1.807, 2.05) is 28.9 Å². The van der Waals surface area contributed by atoms with Crippen LogP contribution in [0, 0.1) is 0 Å². The first-order valence-corrected chi connectivity index (χ1v) is 7.03. The van der Waals surface area contributed by atoms with Crippen molar-refractivity contribution < 1.29 is 0 Å². The zero-order chi connectivity index (χ0) is 13.1. The standard InChI is InChI=1S/C15H19N3O/c19-15-11-17-18(14-8-4-3-7-13(14)15)10-9-16-12-5-1-2-6-12/h3-4,7-8,11-12,16H,1-2,5-6,9-10H2. The predicted molar refractivity (Wildman–Crippen MR) is 76.3 cm³/mol. The van der Waals surface area contributed by atoms with Gasteiger partial charge in [0.15, 0.2) is 0 Å². The molecule has 0 saturated heterocycles. The first-order chi connectivity index (χ1) is 9.34. The molecule has 0 aliphatic heterocycles. The largest absolute Gasteiger partial charge is 0.312 e. The van der Waals surface area contributed by atoms with Crippen molar-refractivity contribution in [2.75, 3.05) is 6.54 Å². The van der Waals surface area contributed by atoms with E-state index in [1.54, 1.807) is 0 Å². The summed E-state index contributed by atoms with van der Waals surface area (Å²) in [7, 11) is 0. The Morgan fingerprint density at radius 2 is 2.05 bits per heavy atom. The Morgan fingerprint density at radius 1 is 1.26 bits per heavy atom. The van der Waals surface area contributed by atoms with E-state index < -0.39 is 0 Å². The fourth-order valence-corrected chi connectivity index (χ4v) is 2.84. The number of para-hydroxylation sites is 1. The lowest BCUT2D eigenvalue weighted by molar-refractivity contribution is 0.483. The minimum atomic E-state index is -0.00407. The summed E-state index contributed by atoms with van der Waals surface area (Å²) in [5.41, 5.74) is 0.916. The molecule has 1 aliphatic rings. The molecule has 1 fully saturated rings. The predicted octanol–water partition coefficient (Wildman–Crippen LogP) is 1.93. The summed E-state index contributed by atoms with van der Waals surface area (Å²) in [6.45, 7) is 1.71. The van der Waals surface area contributed by atoms with Crippen LogP contribution in [0.3, 0.4) is 0 Å². The number of benzene rings is 1. The van der Waals surface area contributed by atoms with Crippen molar-refractivity contribution in [1.29, 1.82) is 0 Å². The van der Waals surface area contributed by atoms with Gasteiger partial charge in [0.05, 0.1) is 18.3 Å². The lowest BCUT2D eigenvalue weighted by atomic mass is 10.2. The SMILES string of the molecule is O=c1cnn(CCNC2CCCC2)c2ccccc12. The number of nitrogens with one attached hydrogen (secondary N) is 1. The second-order valence-electron chi connectivity index (χ2n) is 5.18. The fourth-order valence-electron chi connectivity index (χ4n) is 2.84. The molecule has 4 nitrogen and oxygen atoms in total. The van der Waals surface area contributed by atoms with Crippen LogP contribution < -0.4 is 10.7 Å². The molecule has 1 aliphatic carbocycles. The van der Waals surface area contributed by atoms with Gasteiger partial charge in [0.2, 0.25) is 5.43 Å². The quantitative estimate of drug-likeness (QED) is 0.910. The summed E-state index contributed by atoms with van der Waals surface area (Å²) < 4.78 is 1.92. The summed E-state index contributed by atoms with van der Waals surface area (Å²) >= 11 is 0. The van der Waals surface area contributed by atoms with Crippen molar-refractivity contribution in [3.05, 3.63) is 40.7 Å². The van der Waals surface area contributed by atoms with Crippen molar-refractivity contribution in [1.82, 2.24) is 15.1 Å². The first kappa shape index (κ1) is 12.4. The molecule has 4 heteroatoms. The molecule has 1 saturated carbocycles. The number of nitrogens with zero attached hydrogens (tertiary/aromatic N) is 2. The molecule has 0 unspecified atom stereocenters. The minimum absolute atomic E-state index is 0.00407. The lowest BCUT2D eigenvalue weighted by Crippen LogP contribution is -2.30. The van der Waals surface area contributed by atoms with Gasteiger partial charge in [0, 0.05) is 18.0 Å². The molecule has 1 heterocycles. The second kappa shape index (κ2) is 5.53. The smallest absolute Gasteiger partial charge is 0.207 e. The maximum Gasteiger partial charge on any atom is 0.207 e. The number of hydrogen-bond acceptors (Lipinski definition) is 3. The minimum Gasteiger partial charge on any atom is -0.312 e. The third-order valence-corrected chi connectivity index (χ3v) is 3.87. The van der Waals surface area contributed by atoms with Gasteiger partial charge in [-0.3, -0.25) is 9.48 Å². The highest BCUT2D eigenvalue weighted by Crippen LogP contribution is 2.17. The van der Waals surface area contributed by atoms with Gasteiger partial charge >= 0.3 is 0 Å². The van der Waals surface area contributed by atoms with Crippen LogP contribution in [0.25, 0.3) is 10.9 Å². The van der Waals surface area contributed by atoms with Crippen LogP contribution in [0.4, 0.5) is 0 Å². The lowest BCUT2D eigenvalue weighted by Gasteiger charge is -2.13. The average molecular weight is 257 g/mol. The van der Waals surface area contributed by atoms with Crippen LogP contribution in [-0.2, 0) is 6.54 Å². The van der Waals surface area contributed by atoms with Crippen molar-refractivity contribution in [3.63, 3.8) is 0 Å². The first-order valence-electron chi connectivity index (χ1n) is 7.03. The summed E-state index contributed by atoms with van der Waals surface area (Å²) in [4.78, 5) is 11.7. The van der Waals surface area contributed by atoms with E-state index in [4.69, 9.17) is 0 Å². The molecular formula is C15H19N3O. The topological polar surface area (TPSA) is 46.9 Å². The maximum absolute atomic E-state index is 11.7. The highest BCUT2D eigenvalue weighted by Gasteiger charge is 2.13. The van der Waals surface area contributed by atoms with Crippen molar-refractivity contribution in [3.8, 4) is 0 Å². The summed E-state index contributed by atoms with van der Waals surface area (Å²) in [6, 6.07) is 8.33. The van der Waals surface area contributed by atoms with Gasteiger partial charge in [-0.15, -0.1) is 0 Å². The molecular weight excluding hydrogens is 238 g/mol. The van der Waals surface area contributed by atoms with Gasteiger partial charge < -0.3 is 5.32 Å². The zero-order valence-corrected chi connectivity index (χ0v) is 11.0. The molecule has 0 bridgehead atoms. The summed E-state index contributed by atoms with van der Waals surface area (Å²) in [6.07, 6.45) is 6.68. The van der Waals surface area contributed by atoms with Gasteiger partial charge in [-0.2, -0.15) is 5.10 Å². The van der Waals surface area contributed by atoms with E-state index in [0.29, 0.717) is 6.04 Å². The highest BCUT2D eigenvalue weighted by atomic mass is 16.1. The van der Waals surface area contributed by atoms with Crippen LogP contribution in [0.5, 0.6) is 0 Å². The van der Waals surface area contributed by atoms with Crippen molar-refractivity contribution in [2.45, 2.75) is 38.3 Å². The number of fused-ring (bicyclic) bond motifs is 1. The molecule has 19 heavy (non-hydrogen) atoms. The normalized spacial score (nSPS) is 16.2. The Balaban J connectivity index is 1.73. The van der Waals surface area contributed by atoms with E-state index in [-0.39, 0.29) is 5.43 Å². The molecule has 0 radical (unpaired) electrons. The van der Waals surface area contributed by atoms with E-state index in [0.717, 1.165) is 24.0 Å². The summed E-state index contributed by atoms with van der Waals surface area (Å²) in [5.74, 6) is 0. The molecule has 3 rings (SSSR count). The van der Waals surface area contributed by atoms with Crippen LogP contribution in [0.15, 0.2) is 35.3 Å². The molecule has 100 valence electrons. The third-order valence-electron chi connectivity index (χ3n) is 3.87. The molecule has 1 N–H and O–H groups in total. The zero-order valence-electron chi connectivity index (χ0n) is 11.0. The fraction of sp³-hybridized carbons (Fsp3) is 0.467. The van der Waals surface area contributed by atoms with Gasteiger partial charge in [-0.05, 0) is 25.0 Å². The van der Waals surface area contributed by atoms with E-state index in [1.165, 1.54) is 31.9 Å². The Hall–Kier alpha value is -1.68. The Bertz CT molecular complexity index is 614. The summed E-state index contributed by atoms with van der Waals surface area (Å²) in [5, 5.41) is 8.55. The number of rotatable bonds is 4. The van der Waals surface area contributed by atoms with Crippen LogP contribution in [0.2, 0.25) is 0 Å². The molecule has 1 aromatic carbocycles. The second-order valence-corrected chi connectivity index (χ2v) is 5.18. The van der Waals surface area contributed by atoms with Gasteiger partial charge in [0.1, 0.15) is 0 Å². The van der Waals surface area contributed by atoms with Gasteiger partial charge in [-0.25, -0.2) is 0 Å². The van der Waals surface area contributed by atoms with Crippen molar-refractivity contribution >= 4 is 10.9 Å². The molecule has 1 aromatic heterocycles. The monoisotopic (exact) mass is 257 g/mol. The number of hydrogen-bond donors (Lipinski definition) is 1. The molecule has 0 atom stereocenters. The van der Waals surface area contributed by atoms with Crippen molar-refractivity contribution in [2.24, 2.45) is 0 Å². The highest BCUT2D eigenvalue weighted by molar-refractivity contribution is 5.77. The van der Waals surface area contributed by atoms with Crippen LogP contribution in [-0.4, -0.2) is 22.4 Å². The molecule has 2 aromatic rings. The molecule has 0 amide bonds. The Morgan fingerprint density at radius 3 is 2.89 bits per heavy atom. The van der Waals surface area contributed by atoms with Crippen LogP contribution in [0.1, 0.15) is 25.7 Å².